The number of urea groups is 1. The van der Waals surface area contributed by atoms with Gasteiger partial charge in [0.1, 0.15) is 12.3 Å². The molecule has 0 radical (unpaired) electrons. The largest absolute Gasteiger partial charge is 0.508 e. The molecule has 4 N–H and O–H groups in total. The van der Waals surface area contributed by atoms with Crippen LogP contribution in [0.3, 0.4) is 0 Å². The molecule has 198 valence electrons. The lowest BCUT2D eigenvalue weighted by molar-refractivity contribution is -0.138. The number of amides is 3. The first-order valence-electron chi connectivity index (χ1n) is 12.8. The van der Waals surface area contributed by atoms with Crippen molar-refractivity contribution in [3.05, 3.63) is 77.4 Å². The third kappa shape index (κ3) is 6.32. The van der Waals surface area contributed by atoms with Gasteiger partial charge in [-0.3, -0.25) is 9.59 Å². The van der Waals surface area contributed by atoms with Crippen LogP contribution in [0.15, 0.2) is 60.7 Å². The van der Waals surface area contributed by atoms with Crippen molar-refractivity contribution in [3.63, 3.8) is 0 Å². The molecule has 0 bridgehead atoms. The molecule has 8 nitrogen and oxygen atoms in total. The van der Waals surface area contributed by atoms with Crippen molar-refractivity contribution in [1.82, 2.24) is 4.90 Å². The van der Waals surface area contributed by atoms with Crippen LogP contribution in [0.5, 0.6) is 5.75 Å². The van der Waals surface area contributed by atoms with Crippen LogP contribution >= 0.6 is 0 Å². The summed E-state index contributed by atoms with van der Waals surface area (Å²) in [7, 11) is 0. The number of benzene rings is 3. The fraction of sp³-hybridized carbons (Fsp3) is 0.300. The molecule has 3 aromatic carbocycles. The molecule has 0 aliphatic heterocycles. The van der Waals surface area contributed by atoms with Crippen LogP contribution in [0.1, 0.15) is 53.6 Å². The van der Waals surface area contributed by atoms with Crippen LogP contribution in [-0.4, -0.2) is 45.6 Å². The Labute approximate surface area is 222 Å². The average molecular weight is 516 g/mol. The average Bonchev–Trinajstić information content (AvgIpc) is 2.90. The zero-order valence-corrected chi connectivity index (χ0v) is 21.7. The summed E-state index contributed by atoms with van der Waals surface area (Å²) in [5.41, 5.74) is 4.49. The number of carbonyl (C=O) groups is 3. The normalized spacial score (nSPS) is 13.5. The summed E-state index contributed by atoms with van der Waals surface area (Å²) in [6, 6.07) is 16.7. The summed E-state index contributed by atoms with van der Waals surface area (Å²) in [6.45, 7) is 3.39. The monoisotopic (exact) mass is 515 g/mol. The molecule has 4 rings (SSSR count). The Kier molecular flexibility index (Phi) is 8.31. The molecule has 38 heavy (non-hydrogen) atoms. The molecule has 3 amide bonds. The number of aromatic hydroxyl groups is 1. The van der Waals surface area contributed by atoms with Crippen LogP contribution in [0.25, 0.3) is 11.1 Å². The molecule has 0 heterocycles. The number of para-hydroxylation sites is 1. The summed E-state index contributed by atoms with van der Waals surface area (Å²) >= 11 is 0. The minimum absolute atomic E-state index is 0.128. The van der Waals surface area contributed by atoms with Crippen molar-refractivity contribution in [1.29, 1.82) is 0 Å². The Hall–Kier alpha value is -4.33. The van der Waals surface area contributed by atoms with E-state index in [1.807, 2.05) is 32.0 Å². The van der Waals surface area contributed by atoms with E-state index in [9.17, 15) is 24.6 Å². The fourth-order valence-electron chi connectivity index (χ4n) is 5.01. The number of hydrogen-bond donors (Lipinski definition) is 4. The number of phenols is 1. The summed E-state index contributed by atoms with van der Waals surface area (Å²) < 4.78 is 0. The van der Waals surface area contributed by atoms with E-state index in [0.717, 1.165) is 54.4 Å². The molecular weight excluding hydrogens is 482 g/mol. The van der Waals surface area contributed by atoms with Crippen LogP contribution in [0.4, 0.5) is 16.2 Å². The van der Waals surface area contributed by atoms with E-state index >= 15 is 0 Å². The predicted molar refractivity (Wildman–Crippen MR) is 148 cm³/mol. The van der Waals surface area contributed by atoms with E-state index in [4.69, 9.17) is 0 Å². The number of nitrogens with one attached hydrogen (secondary N) is 2. The molecule has 0 unspecified atom stereocenters. The molecule has 0 aromatic heterocycles. The van der Waals surface area contributed by atoms with Crippen molar-refractivity contribution in [2.24, 2.45) is 0 Å². The number of carboxylic acid groups (broad SMARTS) is 1. The van der Waals surface area contributed by atoms with Gasteiger partial charge in [-0.2, -0.15) is 0 Å². The lowest BCUT2D eigenvalue weighted by atomic mass is 9.93. The van der Waals surface area contributed by atoms with Crippen LogP contribution in [0.2, 0.25) is 0 Å². The lowest BCUT2D eigenvalue weighted by Crippen LogP contribution is -2.44. The summed E-state index contributed by atoms with van der Waals surface area (Å²) in [4.78, 5) is 40.0. The lowest BCUT2D eigenvalue weighted by Gasteiger charge is -2.33. The van der Waals surface area contributed by atoms with Crippen molar-refractivity contribution in [2.75, 3.05) is 17.2 Å². The molecular formula is C30H33N3O5. The molecule has 0 saturated heterocycles. The van der Waals surface area contributed by atoms with Crippen molar-refractivity contribution in [3.8, 4) is 16.9 Å². The first-order chi connectivity index (χ1) is 18.2. The van der Waals surface area contributed by atoms with Crippen LogP contribution in [-0.2, 0) is 4.79 Å². The molecule has 0 atom stereocenters. The molecule has 1 fully saturated rings. The van der Waals surface area contributed by atoms with E-state index in [1.165, 1.54) is 4.90 Å². The van der Waals surface area contributed by atoms with Gasteiger partial charge in [-0.15, -0.1) is 0 Å². The fourth-order valence-corrected chi connectivity index (χ4v) is 5.01. The van der Waals surface area contributed by atoms with E-state index < -0.39 is 24.5 Å². The van der Waals surface area contributed by atoms with E-state index in [-0.39, 0.29) is 23.0 Å². The highest BCUT2D eigenvalue weighted by Gasteiger charge is 2.30. The molecule has 0 spiro atoms. The van der Waals surface area contributed by atoms with Crippen molar-refractivity contribution >= 4 is 29.3 Å². The quantitative estimate of drug-likeness (QED) is 0.300. The minimum atomic E-state index is -1.08. The smallest absolute Gasteiger partial charge is 0.323 e. The van der Waals surface area contributed by atoms with Gasteiger partial charge >= 0.3 is 12.0 Å². The Morgan fingerprint density at radius 3 is 2.13 bits per heavy atom. The third-order valence-electron chi connectivity index (χ3n) is 7.00. The number of anilines is 2. The second kappa shape index (κ2) is 11.8. The first-order valence-corrected chi connectivity index (χ1v) is 12.8. The maximum atomic E-state index is 13.8. The number of nitrogens with zero attached hydrogens (tertiary/aromatic N) is 1. The molecule has 1 aliphatic carbocycles. The number of carbonyl (C=O) groups excluding carboxylic acids is 2. The molecule has 1 saturated carbocycles. The maximum Gasteiger partial charge on any atom is 0.323 e. The van der Waals surface area contributed by atoms with Gasteiger partial charge in [0.15, 0.2) is 0 Å². The standard InChI is InChI=1S/C30H33N3O5/c1-19-7-6-8-20(2)28(19)32-30(38)31-26-17-22(21-11-14-24(34)15-12-21)13-16-25(26)29(37)33(18-27(35)36)23-9-4-3-5-10-23/h6-8,11-17,23,34H,3-5,9-10,18H2,1-2H3,(H,35,36)(H2,31,32,38). The van der Waals surface area contributed by atoms with Gasteiger partial charge in [0.25, 0.3) is 5.91 Å². The Bertz CT molecular complexity index is 1310. The first kappa shape index (κ1) is 26.7. The SMILES string of the molecule is Cc1cccc(C)c1NC(=O)Nc1cc(-c2ccc(O)cc2)ccc1C(=O)N(CC(=O)O)C1CCCCC1. The van der Waals surface area contributed by atoms with Crippen LogP contribution < -0.4 is 10.6 Å². The Morgan fingerprint density at radius 2 is 1.50 bits per heavy atom. The molecule has 1 aliphatic rings. The minimum Gasteiger partial charge on any atom is -0.508 e. The van der Waals surface area contributed by atoms with Gasteiger partial charge in [-0.1, -0.05) is 55.7 Å². The van der Waals surface area contributed by atoms with Gasteiger partial charge in [-0.05, 0) is 73.2 Å². The maximum absolute atomic E-state index is 13.8. The number of hydrogen-bond acceptors (Lipinski definition) is 4. The highest BCUT2D eigenvalue weighted by atomic mass is 16.4. The zero-order valence-electron chi connectivity index (χ0n) is 21.7. The molecule has 8 heteroatoms. The number of rotatable bonds is 7. The third-order valence-corrected chi connectivity index (χ3v) is 7.00. The Morgan fingerprint density at radius 1 is 0.868 bits per heavy atom. The van der Waals surface area contributed by atoms with Gasteiger partial charge in [0.2, 0.25) is 0 Å². The van der Waals surface area contributed by atoms with Crippen LogP contribution in [0, 0.1) is 13.8 Å². The van der Waals surface area contributed by atoms with E-state index in [2.05, 4.69) is 10.6 Å². The van der Waals surface area contributed by atoms with Gasteiger partial charge in [-0.25, -0.2) is 4.79 Å². The summed E-state index contributed by atoms with van der Waals surface area (Å²) in [6.07, 6.45) is 4.45. The number of aryl methyl sites for hydroxylation is 2. The Balaban J connectivity index is 1.70. The van der Waals surface area contributed by atoms with Gasteiger partial charge in [0, 0.05) is 11.7 Å². The highest BCUT2D eigenvalue weighted by molar-refractivity contribution is 6.08. The topological polar surface area (TPSA) is 119 Å². The highest BCUT2D eigenvalue weighted by Crippen LogP contribution is 2.31. The second-order valence-electron chi connectivity index (χ2n) is 9.77. The number of carboxylic acids is 1. The van der Waals surface area contributed by atoms with Gasteiger partial charge < -0.3 is 25.7 Å². The number of aliphatic carboxylic acids is 1. The van der Waals surface area contributed by atoms with Gasteiger partial charge in [0.05, 0.1) is 11.3 Å². The summed E-state index contributed by atoms with van der Waals surface area (Å²) in [5, 5.41) is 24.9. The zero-order chi connectivity index (χ0) is 27.2. The van der Waals surface area contributed by atoms with Crippen molar-refractivity contribution in [2.45, 2.75) is 52.0 Å². The van der Waals surface area contributed by atoms with E-state index in [0.29, 0.717) is 5.69 Å². The molecule has 3 aromatic rings. The van der Waals surface area contributed by atoms with Crippen molar-refractivity contribution < 1.29 is 24.6 Å². The number of phenolic OH excluding ortho intramolecular Hbond substituents is 1. The summed E-state index contributed by atoms with van der Waals surface area (Å²) in [5.74, 6) is -1.38. The second-order valence-corrected chi connectivity index (χ2v) is 9.77. The van der Waals surface area contributed by atoms with E-state index in [1.54, 1.807) is 42.5 Å². The predicted octanol–water partition coefficient (Wildman–Crippen LogP) is 6.18.